The molecule has 0 atom stereocenters. The molecule has 1 rings (SSSR count). The minimum absolute atomic E-state index is 1.26. The number of H-pyrrole nitrogens is 1. The van der Waals surface area contributed by atoms with Crippen LogP contribution in [-0.2, 0) is 6.42 Å². The molecule has 1 heteroatoms. The lowest BCUT2D eigenvalue weighted by Gasteiger charge is -2.03. The van der Waals surface area contributed by atoms with E-state index < -0.39 is 0 Å². The van der Waals surface area contributed by atoms with Gasteiger partial charge >= 0.3 is 0 Å². The first-order valence-corrected chi connectivity index (χ1v) is 8.97. The Balaban J connectivity index is 1.78. The molecule has 20 heavy (non-hydrogen) atoms. The first-order valence-electron chi connectivity index (χ1n) is 8.97. The van der Waals surface area contributed by atoms with Gasteiger partial charge in [-0.3, -0.25) is 0 Å². The fourth-order valence-corrected chi connectivity index (χ4v) is 2.91. The van der Waals surface area contributed by atoms with Crippen LogP contribution in [0.2, 0.25) is 0 Å². The third-order valence-corrected chi connectivity index (χ3v) is 4.37. The minimum atomic E-state index is 1.26. The van der Waals surface area contributed by atoms with E-state index in [2.05, 4.69) is 31.1 Å². The summed E-state index contributed by atoms with van der Waals surface area (Å²) in [4.78, 5) is 3.26. The number of aromatic nitrogens is 1. The normalized spacial score (nSPS) is 11.1. The Morgan fingerprint density at radius 1 is 0.750 bits per heavy atom. The molecule has 0 radical (unpaired) electrons. The largest absolute Gasteiger partial charge is 0.365 e. The van der Waals surface area contributed by atoms with Crippen molar-refractivity contribution >= 4 is 0 Å². The van der Waals surface area contributed by atoms with Crippen molar-refractivity contribution in [3.8, 4) is 0 Å². The maximum Gasteiger partial charge on any atom is 0.0148 e. The molecule has 116 valence electrons. The quantitative estimate of drug-likeness (QED) is 0.393. The van der Waals surface area contributed by atoms with Crippen molar-refractivity contribution < 1.29 is 0 Å². The molecule has 0 aliphatic heterocycles. The maximum atomic E-state index is 3.26. The molecule has 0 saturated heterocycles. The van der Waals surface area contributed by atoms with Gasteiger partial charge in [-0.05, 0) is 31.4 Å². The highest BCUT2D eigenvalue weighted by molar-refractivity contribution is 5.18. The van der Waals surface area contributed by atoms with Crippen LogP contribution in [-0.4, -0.2) is 4.98 Å². The van der Waals surface area contributed by atoms with Gasteiger partial charge < -0.3 is 4.98 Å². The fraction of sp³-hybridized carbons (Fsp3) is 0.789. The van der Waals surface area contributed by atoms with E-state index in [0.29, 0.717) is 0 Å². The molecule has 0 spiro atoms. The van der Waals surface area contributed by atoms with Crippen molar-refractivity contribution in [2.45, 2.75) is 97.3 Å². The second kappa shape index (κ2) is 12.1. The molecular weight excluding hydrogens is 242 g/mol. The molecule has 0 aliphatic carbocycles. The van der Waals surface area contributed by atoms with E-state index in [1.54, 1.807) is 0 Å². The van der Waals surface area contributed by atoms with Gasteiger partial charge in [-0.15, -0.1) is 0 Å². The molecule has 1 nitrogen and oxygen atoms in total. The highest BCUT2D eigenvalue weighted by Crippen LogP contribution is 2.14. The van der Waals surface area contributed by atoms with Crippen molar-refractivity contribution in [1.82, 2.24) is 4.98 Å². The molecule has 0 aliphatic rings. The molecule has 1 aromatic heterocycles. The van der Waals surface area contributed by atoms with Crippen LogP contribution in [0.1, 0.15) is 95.2 Å². The molecule has 0 unspecified atom stereocenters. The zero-order valence-electron chi connectivity index (χ0n) is 13.8. The summed E-state index contributed by atoms with van der Waals surface area (Å²) in [6, 6.07) is 2.23. The van der Waals surface area contributed by atoms with E-state index in [0.717, 1.165) is 0 Å². The van der Waals surface area contributed by atoms with Crippen molar-refractivity contribution in [2.24, 2.45) is 0 Å². The van der Waals surface area contributed by atoms with E-state index >= 15 is 0 Å². The number of aryl methyl sites for hydroxylation is 2. The zero-order chi connectivity index (χ0) is 14.5. The summed E-state index contributed by atoms with van der Waals surface area (Å²) >= 11 is 0. The van der Waals surface area contributed by atoms with Gasteiger partial charge in [0.2, 0.25) is 0 Å². The zero-order valence-corrected chi connectivity index (χ0v) is 13.8. The van der Waals surface area contributed by atoms with E-state index in [4.69, 9.17) is 0 Å². The molecule has 0 amide bonds. The fourth-order valence-electron chi connectivity index (χ4n) is 2.91. The van der Waals surface area contributed by atoms with Gasteiger partial charge in [0.15, 0.2) is 0 Å². The lowest BCUT2D eigenvalue weighted by atomic mass is 10.0. The first-order chi connectivity index (χ1) is 9.84. The van der Waals surface area contributed by atoms with Crippen molar-refractivity contribution in [3.63, 3.8) is 0 Å². The predicted molar refractivity (Wildman–Crippen MR) is 90.3 cm³/mol. The molecule has 0 fully saturated rings. The van der Waals surface area contributed by atoms with Gasteiger partial charge in [-0.1, -0.05) is 77.6 Å². The predicted octanol–water partition coefficient (Wildman–Crippen LogP) is 6.57. The van der Waals surface area contributed by atoms with Gasteiger partial charge in [0, 0.05) is 11.9 Å². The Morgan fingerprint density at radius 3 is 1.70 bits per heavy atom. The van der Waals surface area contributed by atoms with Gasteiger partial charge in [0.05, 0.1) is 0 Å². The average Bonchev–Trinajstić information content (AvgIpc) is 2.85. The van der Waals surface area contributed by atoms with E-state index in [1.807, 2.05) is 0 Å². The van der Waals surface area contributed by atoms with Crippen LogP contribution in [0.3, 0.4) is 0 Å². The van der Waals surface area contributed by atoms with Crippen LogP contribution in [0, 0.1) is 6.92 Å². The van der Waals surface area contributed by atoms with Crippen molar-refractivity contribution in [2.75, 3.05) is 0 Å². The van der Waals surface area contributed by atoms with Crippen LogP contribution >= 0.6 is 0 Å². The molecular formula is C19H35N. The van der Waals surface area contributed by atoms with Crippen LogP contribution in [0.25, 0.3) is 0 Å². The Morgan fingerprint density at radius 2 is 1.25 bits per heavy atom. The lowest BCUT2D eigenvalue weighted by molar-refractivity contribution is 0.544. The monoisotopic (exact) mass is 277 g/mol. The van der Waals surface area contributed by atoms with Crippen LogP contribution in [0.15, 0.2) is 12.3 Å². The summed E-state index contributed by atoms with van der Waals surface area (Å²) in [6.45, 7) is 4.47. The van der Waals surface area contributed by atoms with Gasteiger partial charge in [-0.25, -0.2) is 0 Å². The molecule has 0 aromatic carbocycles. The number of aromatic amines is 1. The summed E-state index contributed by atoms with van der Waals surface area (Å²) in [5.41, 5.74) is 2.87. The van der Waals surface area contributed by atoms with Crippen LogP contribution < -0.4 is 0 Å². The number of hydrogen-bond acceptors (Lipinski definition) is 0. The average molecular weight is 277 g/mol. The second-order valence-electron chi connectivity index (χ2n) is 6.27. The van der Waals surface area contributed by atoms with Crippen LogP contribution in [0.5, 0.6) is 0 Å². The van der Waals surface area contributed by atoms with Gasteiger partial charge in [-0.2, -0.15) is 0 Å². The molecule has 1 heterocycles. The van der Waals surface area contributed by atoms with Crippen molar-refractivity contribution in [1.29, 1.82) is 0 Å². The number of unbranched alkanes of at least 4 members (excludes halogenated alkanes) is 11. The summed E-state index contributed by atoms with van der Waals surface area (Å²) in [7, 11) is 0. The smallest absolute Gasteiger partial charge is 0.0148 e. The van der Waals surface area contributed by atoms with Crippen molar-refractivity contribution in [3.05, 3.63) is 23.5 Å². The van der Waals surface area contributed by atoms with Gasteiger partial charge in [0.1, 0.15) is 0 Å². The maximum absolute atomic E-state index is 3.26. The third kappa shape index (κ3) is 8.45. The van der Waals surface area contributed by atoms with Gasteiger partial charge in [0.25, 0.3) is 0 Å². The standard InChI is InChI=1S/C19H35N/c1-3-4-5-6-7-8-9-10-11-12-13-14-15-19-16-17-20-18(19)2/h16-17,20H,3-15H2,1-2H3. The highest BCUT2D eigenvalue weighted by Gasteiger charge is 1.98. The molecule has 0 bridgehead atoms. The minimum Gasteiger partial charge on any atom is -0.365 e. The molecule has 1 N–H and O–H groups in total. The van der Waals surface area contributed by atoms with E-state index in [-0.39, 0.29) is 0 Å². The molecule has 0 saturated carbocycles. The number of hydrogen-bond donors (Lipinski definition) is 1. The second-order valence-corrected chi connectivity index (χ2v) is 6.27. The number of rotatable bonds is 13. The van der Waals surface area contributed by atoms with E-state index in [1.165, 1.54) is 94.7 Å². The third-order valence-electron chi connectivity index (χ3n) is 4.37. The summed E-state index contributed by atoms with van der Waals surface area (Å²) in [6.07, 6.45) is 20.5. The van der Waals surface area contributed by atoms with Crippen LogP contribution in [0.4, 0.5) is 0 Å². The lowest BCUT2D eigenvalue weighted by Crippen LogP contribution is -1.87. The highest BCUT2D eigenvalue weighted by atomic mass is 14.7. The Bertz CT molecular complexity index is 313. The summed E-state index contributed by atoms with van der Waals surface area (Å²) < 4.78 is 0. The summed E-state index contributed by atoms with van der Waals surface area (Å²) in [5, 5.41) is 0. The Labute approximate surface area is 126 Å². The SMILES string of the molecule is CCCCCCCCCCCCCCc1cc[nH]c1C. The first kappa shape index (κ1) is 17.3. The summed E-state index contributed by atoms with van der Waals surface area (Å²) in [5.74, 6) is 0. The topological polar surface area (TPSA) is 15.8 Å². The Kier molecular flexibility index (Phi) is 10.4. The Hall–Kier alpha value is -0.720. The number of nitrogens with one attached hydrogen (secondary N) is 1. The van der Waals surface area contributed by atoms with E-state index in [9.17, 15) is 0 Å². The molecule has 1 aromatic rings.